The number of nitrogens with one attached hydrogen (secondary N) is 1. The minimum Gasteiger partial charge on any atom is -0.393 e. The summed E-state index contributed by atoms with van der Waals surface area (Å²) in [6.45, 7) is 2.78. The molecule has 2 atom stereocenters. The number of hydrogen-bond acceptors (Lipinski definition) is 5. The summed E-state index contributed by atoms with van der Waals surface area (Å²) >= 11 is 5.79. The van der Waals surface area contributed by atoms with Crippen molar-refractivity contribution in [2.75, 3.05) is 17.7 Å². The van der Waals surface area contributed by atoms with Crippen LogP contribution in [0.3, 0.4) is 0 Å². The maximum absolute atomic E-state index is 5.79. The van der Waals surface area contributed by atoms with Gasteiger partial charge in [0.1, 0.15) is 12.0 Å². The summed E-state index contributed by atoms with van der Waals surface area (Å²) in [5.41, 5.74) is 6.13. The van der Waals surface area contributed by atoms with Crippen molar-refractivity contribution in [3.63, 3.8) is 0 Å². The van der Waals surface area contributed by atoms with Crippen LogP contribution in [0.5, 0.6) is 0 Å². The molecule has 0 bridgehead atoms. The summed E-state index contributed by atoms with van der Waals surface area (Å²) in [5.74, 6) is 0.581. The largest absolute Gasteiger partial charge is 0.393 e. The first-order chi connectivity index (χ1) is 7.18. The number of nitrogen functional groups attached to an aromatic ring is 1. The van der Waals surface area contributed by atoms with E-state index >= 15 is 0 Å². The standard InChI is InChI=1S/C9H13ClN4O/c1-5-6(2-3-15-5)14-9-7(11)8(10)12-4-13-9/h4-6H,2-3,11H2,1H3,(H,12,13,14). The quantitative estimate of drug-likeness (QED) is 0.747. The van der Waals surface area contributed by atoms with Crippen molar-refractivity contribution in [2.45, 2.75) is 25.5 Å². The minimum atomic E-state index is 0.165. The van der Waals surface area contributed by atoms with E-state index in [1.54, 1.807) is 0 Å². The number of ether oxygens (including phenoxy) is 1. The van der Waals surface area contributed by atoms with Crippen LogP contribution in [0.2, 0.25) is 5.15 Å². The van der Waals surface area contributed by atoms with Gasteiger partial charge in [0.15, 0.2) is 11.0 Å². The molecule has 1 aromatic heterocycles. The normalized spacial score (nSPS) is 25.5. The lowest BCUT2D eigenvalue weighted by Gasteiger charge is -2.17. The molecule has 6 heteroatoms. The molecule has 2 unspecified atom stereocenters. The van der Waals surface area contributed by atoms with E-state index < -0.39 is 0 Å². The molecular weight excluding hydrogens is 216 g/mol. The molecule has 1 aliphatic rings. The number of aromatic nitrogens is 2. The van der Waals surface area contributed by atoms with Crippen LogP contribution >= 0.6 is 11.6 Å². The van der Waals surface area contributed by atoms with Crippen LogP contribution in [0, 0.1) is 0 Å². The van der Waals surface area contributed by atoms with E-state index in [-0.39, 0.29) is 17.3 Å². The average Bonchev–Trinajstić information content (AvgIpc) is 2.60. The van der Waals surface area contributed by atoms with Crippen molar-refractivity contribution in [3.05, 3.63) is 11.5 Å². The smallest absolute Gasteiger partial charge is 0.157 e. The van der Waals surface area contributed by atoms with Crippen LogP contribution in [0.15, 0.2) is 6.33 Å². The number of anilines is 2. The second-order valence-electron chi connectivity index (χ2n) is 3.54. The molecule has 0 amide bonds. The Morgan fingerprint density at radius 1 is 1.60 bits per heavy atom. The highest BCUT2D eigenvalue weighted by Crippen LogP contribution is 2.25. The van der Waals surface area contributed by atoms with E-state index in [0.717, 1.165) is 13.0 Å². The van der Waals surface area contributed by atoms with E-state index in [9.17, 15) is 0 Å². The van der Waals surface area contributed by atoms with Crippen molar-refractivity contribution in [1.82, 2.24) is 9.97 Å². The Balaban J connectivity index is 2.13. The lowest BCUT2D eigenvalue weighted by Crippen LogP contribution is -2.27. The summed E-state index contributed by atoms with van der Waals surface area (Å²) < 4.78 is 5.43. The Labute approximate surface area is 93.0 Å². The van der Waals surface area contributed by atoms with E-state index in [2.05, 4.69) is 15.3 Å². The molecule has 0 aliphatic carbocycles. The summed E-state index contributed by atoms with van der Waals surface area (Å²) in [4.78, 5) is 7.84. The van der Waals surface area contributed by atoms with E-state index in [0.29, 0.717) is 11.5 Å². The maximum atomic E-state index is 5.79. The molecule has 2 heterocycles. The summed E-state index contributed by atoms with van der Waals surface area (Å²) in [6.07, 6.45) is 2.50. The zero-order chi connectivity index (χ0) is 10.8. The first-order valence-electron chi connectivity index (χ1n) is 4.82. The molecule has 82 valence electrons. The molecule has 1 fully saturated rings. The third-order valence-corrected chi connectivity index (χ3v) is 2.83. The fourth-order valence-electron chi connectivity index (χ4n) is 1.59. The molecule has 0 spiro atoms. The van der Waals surface area contributed by atoms with Gasteiger partial charge in [-0.1, -0.05) is 11.6 Å². The first kappa shape index (κ1) is 10.4. The lowest BCUT2D eigenvalue weighted by atomic mass is 10.1. The molecule has 2 rings (SSSR count). The van der Waals surface area contributed by atoms with Crippen molar-refractivity contribution in [3.8, 4) is 0 Å². The van der Waals surface area contributed by atoms with Gasteiger partial charge < -0.3 is 15.8 Å². The van der Waals surface area contributed by atoms with Gasteiger partial charge in [0.05, 0.1) is 12.1 Å². The van der Waals surface area contributed by atoms with Crippen molar-refractivity contribution in [1.29, 1.82) is 0 Å². The number of hydrogen-bond donors (Lipinski definition) is 2. The Hall–Kier alpha value is -1.07. The minimum absolute atomic E-state index is 0.165. The van der Waals surface area contributed by atoms with Crippen molar-refractivity contribution < 1.29 is 4.74 Å². The molecular formula is C9H13ClN4O. The fraction of sp³-hybridized carbons (Fsp3) is 0.556. The van der Waals surface area contributed by atoms with Gasteiger partial charge in [-0.05, 0) is 13.3 Å². The Kier molecular flexibility index (Phi) is 2.93. The number of halogens is 1. The van der Waals surface area contributed by atoms with Gasteiger partial charge in [-0.15, -0.1) is 0 Å². The van der Waals surface area contributed by atoms with Crippen LogP contribution in [-0.2, 0) is 4.74 Å². The highest BCUT2D eigenvalue weighted by Gasteiger charge is 2.25. The van der Waals surface area contributed by atoms with Crippen LogP contribution in [-0.4, -0.2) is 28.7 Å². The maximum Gasteiger partial charge on any atom is 0.157 e. The summed E-state index contributed by atoms with van der Waals surface area (Å²) in [6, 6.07) is 0.235. The van der Waals surface area contributed by atoms with Gasteiger partial charge in [0.2, 0.25) is 0 Å². The Morgan fingerprint density at radius 2 is 2.40 bits per heavy atom. The van der Waals surface area contributed by atoms with E-state index in [4.69, 9.17) is 22.1 Å². The van der Waals surface area contributed by atoms with E-state index in [1.807, 2.05) is 6.92 Å². The third-order valence-electron chi connectivity index (χ3n) is 2.53. The van der Waals surface area contributed by atoms with Crippen LogP contribution in [0.4, 0.5) is 11.5 Å². The van der Waals surface area contributed by atoms with Crippen LogP contribution < -0.4 is 11.1 Å². The Bertz CT molecular complexity index is 360. The lowest BCUT2D eigenvalue weighted by molar-refractivity contribution is 0.121. The predicted molar refractivity (Wildman–Crippen MR) is 58.9 cm³/mol. The van der Waals surface area contributed by atoms with Gasteiger partial charge in [-0.25, -0.2) is 9.97 Å². The van der Waals surface area contributed by atoms with E-state index in [1.165, 1.54) is 6.33 Å². The first-order valence-corrected chi connectivity index (χ1v) is 5.20. The van der Waals surface area contributed by atoms with Gasteiger partial charge in [-0.3, -0.25) is 0 Å². The highest BCUT2D eigenvalue weighted by molar-refractivity contribution is 6.32. The molecule has 15 heavy (non-hydrogen) atoms. The van der Waals surface area contributed by atoms with Gasteiger partial charge in [0.25, 0.3) is 0 Å². The average molecular weight is 229 g/mol. The van der Waals surface area contributed by atoms with Crippen LogP contribution in [0.1, 0.15) is 13.3 Å². The summed E-state index contributed by atoms with van der Waals surface area (Å²) in [7, 11) is 0. The molecule has 0 aromatic carbocycles. The number of rotatable bonds is 2. The zero-order valence-corrected chi connectivity index (χ0v) is 9.16. The Morgan fingerprint density at radius 3 is 3.07 bits per heavy atom. The zero-order valence-electron chi connectivity index (χ0n) is 8.40. The molecule has 1 aromatic rings. The van der Waals surface area contributed by atoms with Gasteiger partial charge in [0, 0.05) is 6.61 Å². The molecule has 0 saturated carbocycles. The highest BCUT2D eigenvalue weighted by atomic mass is 35.5. The van der Waals surface area contributed by atoms with Crippen LogP contribution in [0.25, 0.3) is 0 Å². The monoisotopic (exact) mass is 228 g/mol. The molecule has 1 saturated heterocycles. The van der Waals surface area contributed by atoms with Crippen molar-refractivity contribution >= 4 is 23.1 Å². The van der Waals surface area contributed by atoms with Crippen molar-refractivity contribution in [2.24, 2.45) is 0 Å². The topological polar surface area (TPSA) is 73.1 Å². The predicted octanol–water partition coefficient (Wildman–Crippen LogP) is 1.30. The molecule has 3 N–H and O–H groups in total. The molecule has 0 radical (unpaired) electrons. The second-order valence-corrected chi connectivity index (χ2v) is 3.90. The number of nitrogens with zero attached hydrogens (tertiary/aromatic N) is 2. The summed E-state index contributed by atoms with van der Waals surface area (Å²) in [5, 5.41) is 3.49. The second kappa shape index (κ2) is 4.20. The number of nitrogens with two attached hydrogens (primary N) is 1. The fourth-order valence-corrected chi connectivity index (χ4v) is 1.72. The van der Waals surface area contributed by atoms with Gasteiger partial charge >= 0.3 is 0 Å². The third kappa shape index (κ3) is 2.13. The molecule has 1 aliphatic heterocycles. The SMILES string of the molecule is CC1OCCC1Nc1ncnc(Cl)c1N. The van der Waals surface area contributed by atoms with Gasteiger partial charge in [-0.2, -0.15) is 0 Å². The molecule has 5 nitrogen and oxygen atoms in total.